The molecule has 0 aliphatic rings. The first-order valence-electron chi connectivity index (χ1n) is 6.49. The number of anilines is 1. The molecule has 0 saturated carbocycles. The van der Waals surface area contributed by atoms with Gasteiger partial charge < -0.3 is 10.1 Å². The predicted octanol–water partition coefficient (Wildman–Crippen LogP) is 2.98. The van der Waals surface area contributed by atoms with E-state index >= 15 is 0 Å². The molecule has 10 heteroatoms. The normalized spacial score (nSPS) is 11.2. The van der Waals surface area contributed by atoms with Crippen LogP contribution >= 0.6 is 11.6 Å². The minimum atomic E-state index is -4.58. The van der Waals surface area contributed by atoms with E-state index in [2.05, 4.69) is 15.2 Å². The van der Waals surface area contributed by atoms with Crippen LogP contribution in [0.5, 0.6) is 0 Å². The monoisotopic (exact) mass is 361 g/mol. The van der Waals surface area contributed by atoms with Crippen molar-refractivity contribution in [3.05, 3.63) is 46.7 Å². The minimum Gasteiger partial charge on any atom is -0.465 e. The Kier molecular flexibility index (Phi) is 5.13. The molecule has 1 aromatic heterocycles. The molecule has 1 aromatic carbocycles. The van der Waals surface area contributed by atoms with Gasteiger partial charge in [0.1, 0.15) is 6.54 Å². The molecule has 128 valence electrons. The summed E-state index contributed by atoms with van der Waals surface area (Å²) in [7, 11) is 1.20. The van der Waals surface area contributed by atoms with Crippen LogP contribution in [-0.2, 0) is 22.3 Å². The van der Waals surface area contributed by atoms with Crippen LogP contribution in [0, 0.1) is 0 Å². The summed E-state index contributed by atoms with van der Waals surface area (Å²) in [5.41, 5.74) is -0.801. The number of alkyl halides is 3. The smallest absolute Gasteiger partial charge is 0.435 e. The molecule has 0 aliphatic heterocycles. The molecule has 0 atom stereocenters. The second-order valence-electron chi connectivity index (χ2n) is 4.63. The van der Waals surface area contributed by atoms with E-state index in [0.717, 1.165) is 16.9 Å². The number of hydrogen-bond donors (Lipinski definition) is 1. The van der Waals surface area contributed by atoms with E-state index in [0.29, 0.717) is 0 Å². The number of nitrogens with one attached hydrogen (secondary N) is 1. The summed E-state index contributed by atoms with van der Waals surface area (Å²) in [6, 6.07) is 4.86. The molecule has 0 spiro atoms. The zero-order valence-corrected chi connectivity index (χ0v) is 13.0. The number of ether oxygens (including phenoxy) is 1. The van der Waals surface area contributed by atoms with Crippen molar-refractivity contribution in [3.63, 3.8) is 0 Å². The van der Waals surface area contributed by atoms with Gasteiger partial charge in [-0.15, -0.1) is 0 Å². The molecule has 24 heavy (non-hydrogen) atoms. The van der Waals surface area contributed by atoms with E-state index in [1.807, 2.05) is 0 Å². The number of esters is 1. The van der Waals surface area contributed by atoms with E-state index in [4.69, 9.17) is 11.6 Å². The van der Waals surface area contributed by atoms with E-state index in [1.54, 1.807) is 0 Å². The zero-order chi connectivity index (χ0) is 17.9. The lowest BCUT2D eigenvalue weighted by Crippen LogP contribution is -2.20. The summed E-state index contributed by atoms with van der Waals surface area (Å²) >= 11 is 5.92. The Labute approximate surface area is 139 Å². The highest BCUT2D eigenvalue weighted by atomic mass is 35.5. The molecule has 6 nitrogen and oxygen atoms in total. The third kappa shape index (κ3) is 4.25. The van der Waals surface area contributed by atoms with Gasteiger partial charge in [-0.25, -0.2) is 4.79 Å². The van der Waals surface area contributed by atoms with Crippen LogP contribution < -0.4 is 5.32 Å². The summed E-state index contributed by atoms with van der Waals surface area (Å²) in [6.07, 6.45) is -3.55. The number of carbonyl (C=O) groups excluding carboxylic acids is 2. The van der Waals surface area contributed by atoms with Crippen molar-refractivity contribution in [1.82, 2.24) is 9.78 Å². The van der Waals surface area contributed by atoms with Crippen LogP contribution in [0.2, 0.25) is 5.02 Å². The molecule has 1 N–H and O–H groups in total. The number of rotatable bonds is 4. The standard InChI is InChI=1S/C14H11ClF3N3O3/c1-24-13(23)8-2-3-9(15)10(6-8)19-12(22)7-21-5-4-11(20-21)14(16,17)18/h2-6H,7H2,1H3,(H,19,22). The van der Waals surface area contributed by atoms with Gasteiger partial charge in [-0.1, -0.05) is 11.6 Å². The third-order valence-electron chi connectivity index (χ3n) is 2.90. The maximum atomic E-state index is 12.5. The van der Waals surface area contributed by atoms with Crippen LogP contribution in [0.4, 0.5) is 18.9 Å². The summed E-state index contributed by atoms with van der Waals surface area (Å²) < 4.78 is 42.8. The van der Waals surface area contributed by atoms with Crippen LogP contribution in [0.3, 0.4) is 0 Å². The predicted molar refractivity (Wildman–Crippen MR) is 78.7 cm³/mol. The van der Waals surface area contributed by atoms with Gasteiger partial charge in [-0.3, -0.25) is 9.48 Å². The van der Waals surface area contributed by atoms with Gasteiger partial charge in [0, 0.05) is 6.20 Å². The average Bonchev–Trinajstić information content (AvgIpc) is 2.97. The lowest BCUT2D eigenvalue weighted by atomic mass is 10.2. The number of amides is 1. The first kappa shape index (κ1) is 17.8. The van der Waals surface area contributed by atoms with Crippen molar-refractivity contribution >= 4 is 29.2 Å². The summed E-state index contributed by atoms with van der Waals surface area (Å²) in [6.45, 7) is -0.450. The Balaban J connectivity index is 2.10. The Hall–Kier alpha value is -2.55. The molecule has 0 fully saturated rings. The van der Waals surface area contributed by atoms with Crippen molar-refractivity contribution in [2.75, 3.05) is 12.4 Å². The van der Waals surface area contributed by atoms with Crippen LogP contribution in [0.25, 0.3) is 0 Å². The number of nitrogens with zero attached hydrogens (tertiary/aromatic N) is 2. The van der Waals surface area contributed by atoms with E-state index in [9.17, 15) is 22.8 Å². The fraction of sp³-hybridized carbons (Fsp3) is 0.214. The van der Waals surface area contributed by atoms with E-state index in [-0.39, 0.29) is 16.3 Å². The summed E-state index contributed by atoms with van der Waals surface area (Å²) in [5, 5.41) is 5.83. The second-order valence-corrected chi connectivity index (χ2v) is 5.04. The minimum absolute atomic E-state index is 0.132. The Morgan fingerprint density at radius 3 is 2.62 bits per heavy atom. The third-order valence-corrected chi connectivity index (χ3v) is 3.23. The zero-order valence-electron chi connectivity index (χ0n) is 12.2. The highest BCUT2D eigenvalue weighted by Crippen LogP contribution is 2.27. The molecular weight excluding hydrogens is 351 g/mol. The van der Waals surface area contributed by atoms with E-state index in [1.165, 1.54) is 25.3 Å². The quantitative estimate of drug-likeness (QED) is 0.850. The highest BCUT2D eigenvalue weighted by molar-refractivity contribution is 6.33. The number of benzene rings is 1. The van der Waals surface area contributed by atoms with Crippen LogP contribution in [0.15, 0.2) is 30.5 Å². The fourth-order valence-electron chi connectivity index (χ4n) is 1.80. The van der Waals surface area contributed by atoms with Gasteiger partial charge in [0.2, 0.25) is 5.91 Å². The molecule has 2 rings (SSSR count). The van der Waals surface area contributed by atoms with Gasteiger partial charge in [-0.05, 0) is 24.3 Å². The summed E-state index contributed by atoms with van der Waals surface area (Å²) in [5.74, 6) is -1.28. The lowest BCUT2D eigenvalue weighted by molar-refractivity contribution is -0.141. The molecule has 1 heterocycles. The SMILES string of the molecule is COC(=O)c1ccc(Cl)c(NC(=O)Cn2ccc(C(F)(F)F)n2)c1. The molecular formula is C14H11ClF3N3O3. The topological polar surface area (TPSA) is 73.2 Å². The highest BCUT2D eigenvalue weighted by Gasteiger charge is 2.33. The maximum Gasteiger partial charge on any atom is 0.435 e. The van der Waals surface area contributed by atoms with Crippen LogP contribution in [-0.4, -0.2) is 28.8 Å². The van der Waals surface area contributed by atoms with Gasteiger partial charge in [0.05, 0.1) is 23.4 Å². The molecule has 1 amide bonds. The number of aromatic nitrogens is 2. The van der Waals surface area contributed by atoms with Crippen molar-refractivity contribution in [2.24, 2.45) is 0 Å². The Morgan fingerprint density at radius 2 is 2.04 bits per heavy atom. The van der Waals surface area contributed by atoms with Gasteiger partial charge >= 0.3 is 12.1 Å². The molecule has 0 bridgehead atoms. The van der Waals surface area contributed by atoms with Gasteiger partial charge in [0.15, 0.2) is 5.69 Å². The molecule has 2 aromatic rings. The molecule has 0 aliphatic carbocycles. The number of halogens is 4. The molecule has 0 radical (unpaired) electrons. The maximum absolute atomic E-state index is 12.5. The van der Waals surface area contributed by atoms with Crippen molar-refractivity contribution in [1.29, 1.82) is 0 Å². The lowest BCUT2D eigenvalue weighted by Gasteiger charge is -2.09. The van der Waals surface area contributed by atoms with Crippen LogP contribution in [0.1, 0.15) is 16.1 Å². The van der Waals surface area contributed by atoms with Gasteiger partial charge in [-0.2, -0.15) is 18.3 Å². The fourth-order valence-corrected chi connectivity index (χ4v) is 1.97. The molecule has 0 saturated heterocycles. The second kappa shape index (κ2) is 6.91. The van der Waals surface area contributed by atoms with Gasteiger partial charge in [0.25, 0.3) is 0 Å². The largest absolute Gasteiger partial charge is 0.465 e. The van der Waals surface area contributed by atoms with Crippen molar-refractivity contribution in [2.45, 2.75) is 12.7 Å². The first-order chi connectivity index (χ1) is 11.2. The Bertz CT molecular complexity index is 774. The Morgan fingerprint density at radius 1 is 1.33 bits per heavy atom. The van der Waals surface area contributed by atoms with Crippen molar-refractivity contribution in [3.8, 4) is 0 Å². The number of carbonyl (C=O) groups is 2. The number of methoxy groups -OCH3 is 1. The summed E-state index contributed by atoms with van der Waals surface area (Å²) in [4.78, 5) is 23.4. The first-order valence-corrected chi connectivity index (χ1v) is 6.87. The average molecular weight is 362 g/mol. The van der Waals surface area contributed by atoms with E-state index < -0.39 is 30.3 Å². The molecule has 0 unspecified atom stereocenters. The number of hydrogen-bond acceptors (Lipinski definition) is 4. The van der Waals surface area contributed by atoms with Crippen molar-refractivity contribution < 1.29 is 27.5 Å².